The van der Waals surface area contributed by atoms with Crippen LogP contribution in [0, 0.1) is 5.82 Å². The van der Waals surface area contributed by atoms with Crippen LogP contribution < -0.4 is 10.9 Å². The van der Waals surface area contributed by atoms with E-state index >= 15 is 0 Å². The minimum Gasteiger partial charge on any atom is -0.382 e. The van der Waals surface area contributed by atoms with Crippen molar-refractivity contribution >= 4 is 5.69 Å². The van der Waals surface area contributed by atoms with Crippen LogP contribution in [0.1, 0.15) is 0 Å². The molecule has 0 amide bonds. The van der Waals surface area contributed by atoms with Crippen LogP contribution in [0.2, 0.25) is 0 Å². The van der Waals surface area contributed by atoms with Crippen molar-refractivity contribution in [3.05, 3.63) is 46.6 Å². The van der Waals surface area contributed by atoms with E-state index < -0.39 is 5.82 Å². The Kier molecular flexibility index (Phi) is 2.68. The zero-order chi connectivity index (χ0) is 11.5. The van der Waals surface area contributed by atoms with Crippen LogP contribution in [0.25, 0.3) is 11.4 Å². The molecule has 16 heavy (non-hydrogen) atoms. The number of aromatic amines is 1. The summed E-state index contributed by atoms with van der Waals surface area (Å²) >= 11 is 0. The summed E-state index contributed by atoms with van der Waals surface area (Å²) in [4.78, 5) is 18.0. The first-order chi connectivity index (χ1) is 7.72. The van der Waals surface area contributed by atoms with Crippen LogP contribution in [0.15, 0.2) is 35.3 Å². The maximum atomic E-state index is 13.4. The number of halogens is 1. The number of benzene rings is 1. The Labute approximate surface area is 91.2 Å². The fraction of sp³-hybridized carbons (Fsp3) is 0.0909. The molecule has 1 heterocycles. The fourth-order valence-corrected chi connectivity index (χ4v) is 1.36. The van der Waals surface area contributed by atoms with E-state index in [1.54, 1.807) is 25.2 Å². The summed E-state index contributed by atoms with van der Waals surface area (Å²) in [5.41, 5.74) is 0.304. The van der Waals surface area contributed by atoms with Gasteiger partial charge in [-0.2, -0.15) is 0 Å². The largest absolute Gasteiger partial charge is 0.382 e. The summed E-state index contributed by atoms with van der Waals surface area (Å²) in [6.45, 7) is 0. The van der Waals surface area contributed by atoms with Gasteiger partial charge in [0, 0.05) is 7.05 Å². The van der Waals surface area contributed by atoms with Crippen molar-refractivity contribution in [1.29, 1.82) is 0 Å². The van der Waals surface area contributed by atoms with E-state index in [1.807, 2.05) is 0 Å². The quantitative estimate of drug-likeness (QED) is 0.806. The third-order valence-electron chi connectivity index (χ3n) is 2.20. The molecule has 4 nitrogen and oxygen atoms in total. The Bertz CT molecular complexity index is 565. The molecule has 1 aromatic carbocycles. The van der Waals surface area contributed by atoms with E-state index in [1.165, 1.54) is 12.3 Å². The molecule has 0 aliphatic rings. The number of nitrogens with zero attached hydrogens (tertiary/aromatic N) is 1. The average molecular weight is 219 g/mol. The molecule has 2 N–H and O–H groups in total. The second kappa shape index (κ2) is 4.14. The second-order valence-corrected chi connectivity index (χ2v) is 3.20. The lowest BCUT2D eigenvalue weighted by Gasteiger charge is -2.03. The van der Waals surface area contributed by atoms with Gasteiger partial charge >= 0.3 is 0 Å². The summed E-state index contributed by atoms with van der Waals surface area (Å²) < 4.78 is 13.4. The third kappa shape index (κ3) is 1.79. The highest BCUT2D eigenvalue weighted by Crippen LogP contribution is 2.17. The molecule has 0 radical (unpaired) electrons. The summed E-state index contributed by atoms with van der Waals surface area (Å²) in [5.74, 6) is -0.190. The second-order valence-electron chi connectivity index (χ2n) is 3.20. The number of aromatic nitrogens is 2. The zero-order valence-electron chi connectivity index (χ0n) is 8.62. The molecule has 0 unspecified atom stereocenters. The van der Waals surface area contributed by atoms with Gasteiger partial charge in [0.1, 0.15) is 17.3 Å². The van der Waals surface area contributed by atoms with E-state index in [4.69, 9.17) is 0 Å². The summed E-state index contributed by atoms with van der Waals surface area (Å²) in [7, 11) is 1.62. The van der Waals surface area contributed by atoms with Crippen molar-refractivity contribution in [2.24, 2.45) is 0 Å². The number of anilines is 1. The van der Waals surface area contributed by atoms with Crippen molar-refractivity contribution in [2.45, 2.75) is 0 Å². The zero-order valence-corrected chi connectivity index (χ0v) is 8.62. The van der Waals surface area contributed by atoms with E-state index in [0.717, 1.165) is 0 Å². The summed E-state index contributed by atoms with van der Waals surface area (Å²) in [5, 5.41) is 2.69. The maximum absolute atomic E-state index is 13.4. The van der Waals surface area contributed by atoms with Crippen LogP contribution in [0.3, 0.4) is 0 Å². The Morgan fingerprint density at radius 3 is 2.75 bits per heavy atom. The van der Waals surface area contributed by atoms with Gasteiger partial charge in [0.2, 0.25) is 0 Å². The Morgan fingerprint density at radius 1 is 1.38 bits per heavy atom. The topological polar surface area (TPSA) is 57.8 Å². The van der Waals surface area contributed by atoms with Crippen molar-refractivity contribution in [3.8, 4) is 11.4 Å². The van der Waals surface area contributed by atoms with Gasteiger partial charge in [-0.1, -0.05) is 12.1 Å². The van der Waals surface area contributed by atoms with Gasteiger partial charge in [-0.25, -0.2) is 9.37 Å². The fourth-order valence-electron chi connectivity index (χ4n) is 1.36. The van der Waals surface area contributed by atoms with Gasteiger partial charge in [-0.15, -0.1) is 0 Å². The van der Waals surface area contributed by atoms with Crippen LogP contribution in [-0.2, 0) is 0 Å². The SMILES string of the molecule is CNc1cnc(-c2ccccc2F)[nH]c1=O. The molecular weight excluding hydrogens is 209 g/mol. The first-order valence-corrected chi connectivity index (χ1v) is 4.74. The van der Waals surface area contributed by atoms with Gasteiger partial charge in [0.25, 0.3) is 5.56 Å². The highest BCUT2D eigenvalue weighted by Gasteiger charge is 2.07. The number of rotatable bonds is 2. The van der Waals surface area contributed by atoms with Crippen molar-refractivity contribution in [1.82, 2.24) is 9.97 Å². The van der Waals surface area contributed by atoms with Gasteiger partial charge in [-0.05, 0) is 12.1 Å². The molecule has 0 spiro atoms. The van der Waals surface area contributed by atoms with Crippen LogP contribution in [-0.4, -0.2) is 17.0 Å². The van der Waals surface area contributed by atoms with E-state index in [0.29, 0.717) is 5.69 Å². The monoisotopic (exact) mass is 219 g/mol. The number of H-pyrrole nitrogens is 1. The van der Waals surface area contributed by atoms with Crippen molar-refractivity contribution in [3.63, 3.8) is 0 Å². The molecule has 5 heteroatoms. The van der Waals surface area contributed by atoms with Gasteiger partial charge in [0.15, 0.2) is 0 Å². The smallest absolute Gasteiger partial charge is 0.274 e. The molecule has 2 rings (SSSR count). The molecule has 0 fully saturated rings. The van der Waals surface area contributed by atoms with Crippen LogP contribution in [0.4, 0.5) is 10.1 Å². The number of hydrogen-bond donors (Lipinski definition) is 2. The lowest BCUT2D eigenvalue weighted by Crippen LogP contribution is -2.13. The minimum absolute atomic E-state index is 0.224. The minimum atomic E-state index is -0.414. The Balaban J connectivity index is 2.54. The number of hydrogen-bond acceptors (Lipinski definition) is 3. The third-order valence-corrected chi connectivity index (χ3v) is 2.20. The highest BCUT2D eigenvalue weighted by atomic mass is 19.1. The maximum Gasteiger partial charge on any atom is 0.274 e. The van der Waals surface area contributed by atoms with E-state index in [-0.39, 0.29) is 16.9 Å². The molecule has 0 aliphatic heterocycles. The van der Waals surface area contributed by atoms with Gasteiger partial charge in [-0.3, -0.25) is 4.79 Å². The number of nitrogens with one attached hydrogen (secondary N) is 2. The predicted octanol–water partition coefficient (Wildman–Crippen LogP) is 1.62. The molecule has 0 saturated carbocycles. The van der Waals surface area contributed by atoms with Crippen LogP contribution in [0.5, 0.6) is 0 Å². The van der Waals surface area contributed by atoms with Gasteiger partial charge in [0.05, 0.1) is 11.8 Å². The van der Waals surface area contributed by atoms with E-state index in [2.05, 4.69) is 15.3 Å². The summed E-state index contributed by atoms with van der Waals surface area (Å²) in [6.07, 6.45) is 1.38. The molecular formula is C11H10FN3O. The molecule has 0 aliphatic carbocycles. The molecule has 0 saturated heterocycles. The standard InChI is InChI=1S/C11H10FN3O/c1-13-9-6-14-10(15-11(9)16)7-4-2-3-5-8(7)12/h2-6,13H,1H3,(H,14,15,16). The Hall–Kier alpha value is -2.17. The Morgan fingerprint density at radius 2 is 2.12 bits per heavy atom. The van der Waals surface area contributed by atoms with Gasteiger partial charge < -0.3 is 10.3 Å². The molecule has 82 valence electrons. The van der Waals surface area contributed by atoms with E-state index in [9.17, 15) is 9.18 Å². The highest BCUT2D eigenvalue weighted by molar-refractivity contribution is 5.56. The summed E-state index contributed by atoms with van der Waals surface area (Å²) in [6, 6.07) is 6.15. The van der Waals surface area contributed by atoms with Crippen LogP contribution >= 0.6 is 0 Å². The lowest BCUT2D eigenvalue weighted by molar-refractivity contribution is 0.630. The average Bonchev–Trinajstić information content (AvgIpc) is 2.29. The molecule has 2 aromatic rings. The van der Waals surface area contributed by atoms with Crippen molar-refractivity contribution < 1.29 is 4.39 Å². The first-order valence-electron chi connectivity index (χ1n) is 4.74. The normalized spacial score (nSPS) is 10.1. The molecule has 1 aromatic heterocycles. The van der Waals surface area contributed by atoms with Crippen molar-refractivity contribution in [2.75, 3.05) is 12.4 Å². The lowest BCUT2D eigenvalue weighted by atomic mass is 10.2. The molecule has 0 bridgehead atoms. The molecule has 0 atom stereocenters. The predicted molar refractivity (Wildman–Crippen MR) is 59.8 cm³/mol. The first kappa shape index (κ1) is 10.4.